The summed E-state index contributed by atoms with van der Waals surface area (Å²) in [7, 11) is 17.0. The van der Waals surface area contributed by atoms with E-state index in [0.29, 0.717) is 5.30 Å². The van der Waals surface area contributed by atoms with Gasteiger partial charge in [0.05, 0.1) is 0 Å². The summed E-state index contributed by atoms with van der Waals surface area (Å²) in [6.07, 6.45) is 0. The van der Waals surface area contributed by atoms with Crippen LogP contribution in [0.5, 0.6) is 0 Å². The first kappa shape index (κ1) is 20.8. The maximum Gasteiger partial charge on any atom is 0.564 e. The number of benzene rings is 1. The molecule has 0 radical (unpaired) electrons. The highest BCUT2D eigenvalue weighted by atomic mass is 35.9. The zero-order chi connectivity index (χ0) is 14.6. The van der Waals surface area contributed by atoms with Gasteiger partial charge in [-0.2, -0.15) is 0 Å². The average Bonchev–Trinajstić information content (AvgIpc) is 2.14. The third-order valence-electron chi connectivity index (χ3n) is 1.40. The SMILES string of the molecule is ClC(Cl)(Cl)[P+](Cl)(Cl)c1ccccc1.[Cl][Al-]([Cl])([Cl])[Cl]. The maximum atomic E-state index is 6.02. The molecular formula is C7H5AlCl9P. The van der Waals surface area contributed by atoms with E-state index in [1.54, 1.807) is 24.3 Å². The number of hydrogen-bond donors (Lipinski definition) is 0. The predicted molar refractivity (Wildman–Crippen MR) is 94.2 cm³/mol. The van der Waals surface area contributed by atoms with Gasteiger partial charge in [0.15, 0.2) is 0 Å². The molecule has 11 heteroatoms. The molecule has 0 saturated carbocycles. The molecule has 0 aliphatic carbocycles. The number of halogens is 9. The molecular weight excluding hydrogens is 461 g/mol. The molecule has 0 saturated heterocycles. The molecule has 0 spiro atoms. The van der Waals surface area contributed by atoms with Gasteiger partial charge in [0.2, 0.25) is 0 Å². The number of hydrogen-bond acceptors (Lipinski definition) is 0. The fourth-order valence-electron chi connectivity index (χ4n) is 0.762. The second kappa shape index (κ2) is 8.43. The van der Waals surface area contributed by atoms with Gasteiger partial charge in [-0.25, -0.2) is 0 Å². The normalized spacial score (nSPS) is 12.7. The minimum atomic E-state index is -2.94. The van der Waals surface area contributed by atoms with Crippen molar-refractivity contribution < 1.29 is 0 Å². The first-order valence-electron chi connectivity index (χ1n) is 4.14. The van der Waals surface area contributed by atoms with Crippen molar-refractivity contribution in [2.75, 3.05) is 0 Å². The Morgan fingerprint density at radius 2 is 1.17 bits per heavy atom. The van der Waals surface area contributed by atoms with E-state index >= 15 is 0 Å². The topological polar surface area (TPSA) is 0 Å². The second-order valence-corrected chi connectivity index (χ2v) is 24.5. The fourth-order valence-corrected chi connectivity index (χ4v) is 3.16. The van der Waals surface area contributed by atoms with Crippen LogP contribution in [0.1, 0.15) is 0 Å². The van der Waals surface area contributed by atoms with Gasteiger partial charge in [-0.3, -0.25) is 0 Å². The Morgan fingerprint density at radius 1 is 0.833 bits per heavy atom. The summed E-state index contributed by atoms with van der Waals surface area (Å²) in [4.78, 5) is 0. The van der Waals surface area contributed by atoms with Crippen LogP contribution in [0.3, 0.4) is 0 Å². The summed E-state index contributed by atoms with van der Waals surface area (Å²) in [5.41, 5.74) is 0. The van der Waals surface area contributed by atoms with E-state index in [1.807, 2.05) is 6.07 Å². The van der Waals surface area contributed by atoms with Crippen molar-refractivity contribution in [2.45, 2.75) is 3.53 Å². The molecule has 0 bridgehead atoms. The molecule has 0 nitrogen and oxygen atoms in total. The molecule has 0 fully saturated rings. The lowest BCUT2D eigenvalue weighted by Gasteiger charge is -2.16. The molecule has 104 valence electrons. The quantitative estimate of drug-likeness (QED) is 0.231. The summed E-state index contributed by atoms with van der Waals surface area (Å²) in [5.74, 6) is -2.74. The zero-order valence-electron chi connectivity index (χ0n) is 8.31. The van der Waals surface area contributed by atoms with Crippen LogP contribution in [-0.2, 0) is 0 Å². The van der Waals surface area contributed by atoms with E-state index in [-0.39, 0.29) is 0 Å². The monoisotopic (exact) mass is 462 g/mol. The first-order valence-corrected chi connectivity index (χ1v) is 15.9. The fraction of sp³-hybridized carbons (Fsp3) is 0.143. The standard InChI is InChI=1S/C7H5Cl5P.Al.4ClH/c8-7(9,10)13(11,12)6-4-2-1-3-5-6;;;;;/h1-5H;;4*1H/q+1;+3;;;;/p-4. The van der Waals surface area contributed by atoms with E-state index in [1.165, 1.54) is 0 Å². The third kappa shape index (κ3) is 8.94. The Kier molecular flexibility index (Phi) is 9.74. The lowest BCUT2D eigenvalue weighted by atomic mass is 10.4. The van der Waals surface area contributed by atoms with Crippen molar-refractivity contribution in [2.24, 2.45) is 0 Å². The van der Waals surface area contributed by atoms with E-state index in [4.69, 9.17) is 97.5 Å². The Hall–Kier alpha value is 2.79. The lowest BCUT2D eigenvalue weighted by Crippen LogP contribution is -2.13. The third-order valence-corrected chi connectivity index (χ3v) is 9.51. The van der Waals surface area contributed by atoms with E-state index < -0.39 is 18.9 Å². The molecule has 0 heterocycles. The van der Waals surface area contributed by atoms with Crippen molar-refractivity contribution in [3.05, 3.63) is 30.3 Å². The molecule has 0 unspecified atom stereocenters. The highest BCUT2D eigenvalue weighted by molar-refractivity contribution is 8.25. The van der Waals surface area contributed by atoms with Gasteiger partial charge in [-0.05, 0) is 46.9 Å². The molecule has 0 amide bonds. The molecule has 1 rings (SSSR count). The lowest BCUT2D eigenvalue weighted by molar-refractivity contribution is 1.71. The molecule has 0 aliphatic rings. The molecule has 1 aromatic rings. The highest BCUT2D eigenvalue weighted by Crippen LogP contribution is 2.81. The van der Waals surface area contributed by atoms with E-state index in [0.717, 1.165) is 0 Å². The summed E-state index contributed by atoms with van der Waals surface area (Å²) in [6, 6.07) is 8.93. The molecule has 0 aliphatic heterocycles. The summed E-state index contributed by atoms with van der Waals surface area (Å²) < 4.78 is -1.64. The first-order chi connectivity index (χ1) is 7.86. The van der Waals surface area contributed by atoms with Gasteiger partial charge in [0, 0.05) is 0 Å². The van der Waals surface area contributed by atoms with Crippen LogP contribution in [0, 0.1) is 0 Å². The second-order valence-electron chi connectivity index (χ2n) is 2.81. The molecule has 18 heavy (non-hydrogen) atoms. The Bertz CT molecular complexity index is 351. The van der Waals surface area contributed by atoms with Crippen LogP contribution >= 0.6 is 103 Å². The van der Waals surface area contributed by atoms with Crippen LogP contribution in [0.25, 0.3) is 0 Å². The maximum absolute atomic E-state index is 6.02. The van der Waals surface area contributed by atoms with Gasteiger partial charge in [0.1, 0.15) is 27.8 Å². The Labute approximate surface area is 150 Å². The summed E-state index contributed by atoms with van der Waals surface area (Å²) in [6.45, 7) is 0. The van der Waals surface area contributed by atoms with Crippen LogP contribution in [0.15, 0.2) is 30.3 Å². The van der Waals surface area contributed by atoms with Crippen molar-refractivity contribution >= 4 is 118 Å². The summed E-state index contributed by atoms with van der Waals surface area (Å²) in [5, 5.41) is 0.665. The minimum Gasteiger partial charge on any atom is -0.391 e. The highest BCUT2D eigenvalue weighted by Gasteiger charge is 2.58. The molecule has 0 aromatic heterocycles. The summed E-state index contributed by atoms with van der Waals surface area (Å²) >= 11 is 29.1. The van der Waals surface area contributed by atoms with Gasteiger partial charge in [0.25, 0.3) is 5.97 Å². The van der Waals surface area contributed by atoms with Crippen molar-refractivity contribution in [1.29, 1.82) is 0 Å². The van der Waals surface area contributed by atoms with Crippen molar-refractivity contribution in [1.82, 2.24) is 0 Å². The molecule has 0 N–H and O–H groups in total. The number of rotatable bonds is 1. The largest absolute Gasteiger partial charge is 0.564 e. The van der Waals surface area contributed by atoms with E-state index in [2.05, 4.69) is 0 Å². The zero-order valence-corrected chi connectivity index (χ0v) is 17.2. The Morgan fingerprint density at radius 3 is 1.44 bits per heavy atom. The Balaban J connectivity index is 0.000000494. The van der Waals surface area contributed by atoms with Crippen LogP contribution in [-0.4, -0.2) is 12.9 Å². The van der Waals surface area contributed by atoms with Crippen molar-refractivity contribution in [3.63, 3.8) is 0 Å². The predicted octanol–water partition coefficient (Wildman–Crippen LogP) is 7.34. The average molecular weight is 466 g/mol. The molecule has 1 aromatic carbocycles. The van der Waals surface area contributed by atoms with Gasteiger partial charge >= 0.3 is 12.9 Å². The van der Waals surface area contributed by atoms with Gasteiger partial charge in [-0.15, -0.1) is 0 Å². The van der Waals surface area contributed by atoms with Crippen LogP contribution in [0.4, 0.5) is 0 Å². The van der Waals surface area contributed by atoms with Crippen LogP contribution < -0.4 is 5.30 Å². The number of alkyl halides is 3. The minimum absolute atomic E-state index is 0.665. The van der Waals surface area contributed by atoms with Gasteiger partial charge < -0.3 is 40.2 Å². The molecule has 0 atom stereocenters. The van der Waals surface area contributed by atoms with E-state index in [9.17, 15) is 0 Å². The van der Waals surface area contributed by atoms with Gasteiger partial charge in [-0.1, -0.05) is 18.2 Å². The smallest absolute Gasteiger partial charge is 0.391 e. The van der Waals surface area contributed by atoms with Crippen molar-refractivity contribution in [3.8, 4) is 0 Å². The van der Waals surface area contributed by atoms with Crippen LogP contribution in [0.2, 0.25) is 0 Å².